The molecular formula is C13H17NO3S2. The van der Waals surface area contributed by atoms with Gasteiger partial charge < -0.3 is 4.90 Å². The van der Waals surface area contributed by atoms with Crippen LogP contribution in [0.3, 0.4) is 0 Å². The van der Waals surface area contributed by atoms with Crippen LogP contribution in [0, 0.1) is 6.92 Å². The second-order valence-electron chi connectivity index (χ2n) is 4.97. The van der Waals surface area contributed by atoms with Gasteiger partial charge in [-0.05, 0) is 31.0 Å². The smallest absolute Gasteiger partial charge is 0.254 e. The lowest BCUT2D eigenvalue weighted by atomic mass is 10.1. The largest absolute Gasteiger partial charge is 0.338 e. The Morgan fingerprint density at radius 2 is 2.11 bits per heavy atom. The first-order valence-corrected chi connectivity index (χ1v) is 8.34. The molecule has 6 heteroatoms. The molecular weight excluding hydrogens is 282 g/mol. The first-order chi connectivity index (χ1) is 8.80. The molecule has 19 heavy (non-hydrogen) atoms. The van der Waals surface area contributed by atoms with E-state index in [1.54, 1.807) is 18.0 Å². The molecule has 1 amide bonds. The number of nitrogens with zero attached hydrogens (tertiary/aromatic N) is 1. The van der Waals surface area contributed by atoms with E-state index in [9.17, 15) is 13.2 Å². The third-order valence-corrected chi connectivity index (χ3v) is 5.56. The second-order valence-corrected chi connectivity index (χ2v) is 7.72. The van der Waals surface area contributed by atoms with Crippen molar-refractivity contribution in [3.63, 3.8) is 0 Å². The lowest BCUT2D eigenvalue weighted by Gasteiger charge is -2.24. The quantitative estimate of drug-likeness (QED) is 0.843. The maximum atomic E-state index is 12.4. The van der Waals surface area contributed by atoms with Crippen molar-refractivity contribution in [1.29, 1.82) is 0 Å². The first kappa shape index (κ1) is 14.4. The van der Waals surface area contributed by atoms with Crippen LogP contribution >= 0.6 is 12.6 Å². The summed E-state index contributed by atoms with van der Waals surface area (Å²) in [7, 11) is -1.32. The van der Waals surface area contributed by atoms with Gasteiger partial charge in [0.25, 0.3) is 5.91 Å². The number of rotatable bonds is 2. The molecule has 1 saturated heterocycles. The highest BCUT2D eigenvalue weighted by atomic mass is 32.2. The Labute approximate surface area is 119 Å². The van der Waals surface area contributed by atoms with Crippen LogP contribution in [0.15, 0.2) is 23.1 Å². The number of hydrogen-bond acceptors (Lipinski definition) is 4. The van der Waals surface area contributed by atoms with Gasteiger partial charge in [0.1, 0.15) is 0 Å². The fraction of sp³-hybridized carbons (Fsp3) is 0.462. The molecule has 0 N–H and O–H groups in total. The van der Waals surface area contributed by atoms with Gasteiger partial charge in [-0.2, -0.15) is 0 Å². The minimum atomic E-state index is -2.98. The van der Waals surface area contributed by atoms with Crippen LogP contribution < -0.4 is 0 Å². The second kappa shape index (κ2) is 5.17. The molecule has 0 saturated carbocycles. The average molecular weight is 299 g/mol. The van der Waals surface area contributed by atoms with E-state index in [4.69, 9.17) is 0 Å². The maximum Gasteiger partial charge on any atom is 0.254 e. The SMILES string of the molecule is Cc1ccc(S)cc1C(=O)N(C)C1CCS(=O)(=O)C1. The molecule has 1 fully saturated rings. The summed E-state index contributed by atoms with van der Waals surface area (Å²) in [6.45, 7) is 1.86. The highest BCUT2D eigenvalue weighted by Gasteiger charge is 2.33. The topological polar surface area (TPSA) is 54.5 Å². The van der Waals surface area contributed by atoms with Crippen molar-refractivity contribution in [2.45, 2.75) is 24.3 Å². The molecule has 0 aromatic heterocycles. The number of hydrogen-bond donors (Lipinski definition) is 1. The first-order valence-electron chi connectivity index (χ1n) is 6.07. The summed E-state index contributed by atoms with van der Waals surface area (Å²) in [5.41, 5.74) is 1.45. The van der Waals surface area contributed by atoms with Crippen LogP contribution in [0.25, 0.3) is 0 Å². The average Bonchev–Trinajstić information content (AvgIpc) is 2.71. The maximum absolute atomic E-state index is 12.4. The molecule has 1 aromatic carbocycles. The summed E-state index contributed by atoms with van der Waals surface area (Å²) in [5, 5.41) is 0. The van der Waals surface area contributed by atoms with Crippen molar-refractivity contribution in [2.24, 2.45) is 0 Å². The van der Waals surface area contributed by atoms with Gasteiger partial charge in [0, 0.05) is 23.5 Å². The molecule has 1 unspecified atom stereocenters. The molecule has 104 valence electrons. The summed E-state index contributed by atoms with van der Waals surface area (Å²) >= 11 is 4.24. The minimum absolute atomic E-state index is 0.0643. The lowest BCUT2D eigenvalue weighted by Crippen LogP contribution is -2.38. The predicted octanol–water partition coefficient (Wildman–Crippen LogP) is 1.54. The fourth-order valence-electron chi connectivity index (χ4n) is 2.28. The molecule has 1 aromatic rings. The summed E-state index contributed by atoms with van der Waals surface area (Å²) in [5.74, 6) is 0.0888. The molecule has 0 spiro atoms. The number of thiol groups is 1. The van der Waals surface area contributed by atoms with Gasteiger partial charge in [0.2, 0.25) is 0 Å². The third-order valence-electron chi connectivity index (χ3n) is 3.53. The standard InChI is InChI=1S/C13H17NO3S2/c1-9-3-4-11(18)7-12(9)13(15)14(2)10-5-6-19(16,17)8-10/h3-4,7,10,18H,5-6,8H2,1-2H3. The Morgan fingerprint density at radius 1 is 1.42 bits per heavy atom. The van der Waals surface area contributed by atoms with Crippen LogP contribution in [-0.2, 0) is 9.84 Å². The van der Waals surface area contributed by atoms with E-state index in [-0.39, 0.29) is 23.5 Å². The van der Waals surface area contributed by atoms with Crippen LogP contribution in [-0.4, -0.2) is 43.8 Å². The van der Waals surface area contributed by atoms with E-state index in [0.29, 0.717) is 12.0 Å². The monoisotopic (exact) mass is 299 g/mol. The molecule has 0 bridgehead atoms. The van der Waals surface area contributed by atoms with Gasteiger partial charge in [0.15, 0.2) is 9.84 Å². The van der Waals surface area contributed by atoms with Crippen molar-refractivity contribution in [1.82, 2.24) is 4.90 Å². The summed E-state index contributed by atoms with van der Waals surface area (Å²) in [6.07, 6.45) is 0.518. The number of amides is 1. The molecule has 1 atom stereocenters. The normalized spacial score (nSPS) is 21.3. The zero-order chi connectivity index (χ0) is 14.2. The molecule has 0 aliphatic carbocycles. The third kappa shape index (κ3) is 3.12. The van der Waals surface area contributed by atoms with Gasteiger partial charge in [-0.3, -0.25) is 4.79 Å². The van der Waals surface area contributed by atoms with Gasteiger partial charge in [-0.15, -0.1) is 12.6 Å². The zero-order valence-electron chi connectivity index (χ0n) is 11.0. The van der Waals surface area contributed by atoms with E-state index in [1.807, 2.05) is 19.1 Å². The molecule has 1 heterocycles. The molecule has 4 nitrogen and oxygen atoms in total. The van der Waals surface area contributed by atoms with E-state index >= 15 is 0 Å². The van der Waals surface area contributed by atoms with Crippen LogP contribution in [0.2, 0.25) is 0 Å². The molecule has 0 radical (unpaired) electrons. The van der Waals surface area contributed by atoms with Gasteiger partial charge >= 0.3 is 0 Å². The minimum Gasteiger partial charge on any atom is -0.338 e. The number of benzene rings is 1. The summed E-state index contributed by atoms with van der Waals surface area (Å²) < 4.78 is 23.0. The van der Waals surface area contributed by atoms with Crippen LogP contribution in [0.1, 0.15) is 22.3 Å². The van der Waals surface area contributed by atoms with Crippen LogP contribution in [0.5, 0.6) is 0 Å². The van der Waals surface area contributed by atoms with Crippen molar-refractivity contribution >= 4 is 28.4 Å². The van der Waals surface area contributed by atoms with E-state index in [1.165, 1.54) is 0 Å². The summed E-state index contributed by atoms with van der Waals surface area (Å²) in [6, 6.07) is 5.17. The zero-order valence-corrected chi connectivity index (χ0v) is 12.7. The highest BCUT2D eigenvalue weighted by molar-refractivity contribution is 7.91. The number of carbonyl (C=O) groups is 1. The fourth-order valence-corrected chi connectivity index (χ4v) is 4.26. The Hall–Kier alpha value is -1.01. The van der Waals surface area contributed by atoms with Gasteiger partial charge in [0.05, 0.1) is 11.5 Å². The van der Waals surface area contributed by atoms with E-state index in [2.05, 4.69) is 12.6 Å². The Balaban J connectivity index is 2.22. The lowest BCUT2D eigenvalue weighted by molar-refractivity contribution is 0.0746. The number of carbonyl (C=O) groups excluding carboxylic acids is 1. The van der Waals surface area contributed by atoms with Gasteiger partial charge in [-0.25, -0.2) is 8.42 Å². The van der Waals surface area contributed by atoms with E-state index < -0.39 is 9.84 Å². The molecule has 2 rings (SSSR count). The van der Waals surface area contributed by atoms with Crippen molar-refractivity contribution in [3.05, 3.63) is 29.3 Å². The van der Waals surface area contributed by atoms with Gasteiger partial charge in [-0.1, -0.05) is 6.07 Å². The summed E-state index contributed by atoms with van der Waals surface area (Å²) in [4.78, 5) is 14.7. The van der Waals surface area contributed by atoms with Crippen LogP contribution in [0.4, 0.5) is 0 Å². The molecule has 1 aliphatic heterocycles. The van der Waals surface area contributed by atoms with Crippen molar-refractivity contribution in [2.75, 3.05) is 18.6 Å². The highest BCUT2D eigenvalue weighted by Crippen LogP contribution is 2.21. The molecule has 1 aliphatic rings. The Morgan fingerprint density at radius 3 is 2.68 bits per heavy atom. The van der Waals surface area contributed by atoms with Crippen molar-refractivity contribution < 1.29 is 13.2 Å². The predicted molar refractivity (Wildman–Crippen MR) is 77.6 cm³/mol. The number of aryl methyl sites for hydroxylation is 1. The Bertz CT molecular complexity index is 610. The van der Waals surface area contributed by atoms with E-state index in [0.717, 1.165) is 10.5 Å². The Kier molecular flexibility index (Phi) is 3.92. The number of sulfone groups is 1. The van der Waals surface area contributed by atoms with Crippen molar-refractivity contribution in [3.8, 4) is 0 Å².